The molecule has 38 heavy (non-hydrogen) atoms. The Balaban J connectivity index is 1.62. The van der Waals surface area contributed by atoms with Crippen LogP contribution in [0.5, 0.6) is 0 Å². The fourth-order valence-corrected chi connectivity index (χ4v) is 6.67. The van der Waals surface area contributed by atoms with Crippen LogP contribution >= 0.6 is 23.1 Å². The predicted octanol–water partition coefficient (Wildman–Crippen LogP) is 5.42. The second-order valence-electron chi connectivity index (χ2n) is 10.4. The average Bonchev–Trinajstić information content (AvgIpc) is 3.54. The number of benzene rings is 1. The molecule has 0 bridgehead atoms. The highest BCUT2D eigenvalue weighted by Crippen LogP contribution is 2.49. The summed E-state index contributed by atoms with van der Waals surface area (Å²) in [4.78, 5) is 33.9. The summed E-state index contributed by atoms with van der Waals surface area (Å²) in [6, 6.07) is 17.8. The monoisotopic (exact) mass is 545 g/mol. The molecule has 4 aromatic rings. The number of aromatic nitrogens is 3. The van der Waals surface area contributed by atoms with Gasteiger partial charge in [0.2, 0.25) is 11.8 Å². The zero-order valence-corrected chi connectivity index (χ0v) is 23.6. The normalized spacial score (nSPS) is 15.7. The van der Waals surface area contributed by atoms with E-state index in [-0.39, 0.29) is 34.8 Å². The third-order valence-electron chi connectivity index (χ3n) is 6.37. The number of carbonyl (C=O) groups excluding carboxylic acids is 2. The van der Waals surface area contributed by atoms with Crippen LogP contribution in [0.2, 0.25) is 0 Å². The molecule has 0 aliphatic carbocycles. The fourth-order valence-electron chi connectivity index (χ4n) is 4.50. The number of thiophene rings is 1. The van der Waals surface area contributed by atoms with Crippen molar-refractivity contribution in [3.8, 4) is 5.69 Å². The number of nitrogens with zero attached hydrogens (tertiary/aromatic N) is 4. The molecule has 5 rings (SSSR count). The molecule has 3 aromatic heterocycles. The van der Waals surface area contributed by atoms with Crippen molar-refractivity contribution in [1.29, 1.82) is 0 Å². The van der Waals surface area contributed by atoms with Crippen LogP contribution in [0.1, 0.15) is 53.4 Å². The standard InChI is InChI=1S/C29H31N5O2S2/c1-19-10-12-21(13-11-19)34-28-25(27(32-34)29(2,3)4)26(22-9-7-15-37-22)38-18-24(36)33(28)17-23(35)31-16-20-8-5-6-14-30-20/h5-15,26H,16-18H2,1-4H3,(H,31,35)/t26-/m0/s1. The maximum atomic E-state index is 13.7. The number of anilines is 1. The summed E-state index contributed by atoms with van der Waals surface area (Å²) in [6.45, 7) is 8.66. The van der Waals surface area contributed by atoms with Crippen LogP contribution in [0.15, 0.2) is 66.2 Å². The third-order valence-corrected chi connectivity index (χ3v) is 8.70. The summed E-state index contributed by atoms with van der Waals surface area (Å²) in [7, 11) is 0. The van der Waals surface area contributed by atoms with E-state index in [0.29, 0.717) is 12.4 Å². The van der Waals surface area contributed by atoms with E-state index in [1.807, 2.05) is 60.1 Å². The fraction of sp³-hybridized carbons (Fsp3) is 0.310. The minimum atomic E-state index is -0.281. The lowest BCUT2D eigenvalue weighted by Crippen LogP contribution is -2.42. The van der Waals surface area contributed by atoms with E-state index in [2.05, 4.69) is 42.5 Å². The van der Waals surface area contributed by atoms with Gasteiger partial charge in [0.15, 0.2) is 0 Å². The Morgan fingerprint density at radius 1 is 1.11 bits per heavy atom. The second kappa shape index (κ2) is 10.7. The van der Waals surface area contributed by atoms with Crippen LogP contribution in [-0.2, 0) is 21.5 Å². The van der Waals surface area contributed by atoms with Gasteiger partial charge in [0.25, 0.3) is 0 Å². The molecule has 0 saturated heterocycles. The summed E-state index contributed by atoms with van der Waals surface area (Å²) >= 11 is 3.28. The molecule has 1 atom stereocenters. The SMILES string of the molecule is Cc1ccc(-n2nc(C(C)(C)C)c3c2N(CC(=O)NCc2ccccn2)C(=O)CS[C@H]3c2cccs2)cc1. The Kier molecular flexibility index (Phi) is 7.40. The minimum absolute atomic E-state index is 0.0658. The van der Waals surface area contributed by atoms with Gasteiger partial charge in [-0.2, -0.15) is 5.10 Å². The Morgan fingerprint density at radius 3 is 2.55 bits per heavy atom. The number of amides is 2. The highest BCUT2D eigenvalue weighted by Gasteiger charge is 2.40. The number of rotatable bonds is 6. The molecule has 7 nitrogen and oxygen atoms in total. The molecule has 1 aliphatic heterocycles. The van der Waals surface area contributed by atoms with E-state index in [0.717, 1.165) is 28.2 Å². The number of hydrogen-bond donors (Lipinski definition) is 1. The first-order valence-electron chi connectivity index (χ1n) is 12.5. The first-order valence-corrected chi connectivity index (χ1v) is 14.5. The Morgan fingerprint density at radius 2 is 1.89 bits per heavy atom. The van der Waals surface area contributed by atoms with Crippen LogP contribution in [0.3, 0.4) is 0 Å². The predicted molar refractivity (Wildman–Crippen MR) is 154 cm³/mol. The molecule has 0 fully saturated rings. The topological polar surface area (TPSA) is 80.1 Å². The first-order chi connectivity index (χ1) is 18.2. The van der Waals surface area contributed by atoms with Gasteiger partial charge in [0.1, 0.15) is 12.4 Å². The Bertz CT molecular complexity index is 1420. The first kappa shape index (κ1) is 26.2. The van der Waals surface area contributed by atoms with Gasteiger partial charge >= 0.3 is 0 Å². The number of thioether (sulfide) groups is 1. The molecule has 0 radical (unpaired) electrons. The Labute approximate surface area is 231 Å². The lowest BCUT2D eigenvalue weighted by molar-refractivity contribution is -0.123. The van der Waals surface area contributed by atoms with Crippen molar-refractivity contribution in [2.24, 2.45) is 0 Å². The van der Waals surface area contributed by atoms with Gasteiger partial charge in [0, 0.05) is 22.1 Å². The van der Waals surface area contributed by atoms with Gasteiger partial charge in [0.05, 0.1) is 34.6 Å². The summed E-state index contributed by atoms with van der Waals surface area (Å²) in [5, 5.41) is 10.0. The maximum absolute atomic E-state index is 13.7. The molecule has 196 valence electrons. The molecular formula is C29H31N5O2S2. The van der Waals surface area contributed by atoms with Gasteiger partial charge in [-0.15, -0.1) is 23.1 Å². The van der Waals surface area contributed by atoms with E-state index in [9.17, 15) is 9.59 Å². The van der Waals surface area contributed by atoms with Gasteiger partial charge in [-0.05, 0) is 42.6 Å². The number of nitrogens with one attached hydrogen (secondary N) is 1. The van der Waals surface area contributed by atoms with Crippen molar-refractivity contribution in [2.45, 2.75) is 44.9 Å². The van der Waals surface area contributed by atoms with Crippen LogP contribution in [0.25, 0.3) is 5.69 Å². The molecule has 0 spiro atoms. The molecule has 0 unspecified atom stereocenters. The maximum Gasteiger partial charge on any atom is 0.240 e. The molecule has 0 saturated carbocycles. The van der Waals surface area contributed by atoms with E-state index in [1.165, 1.54) is 4.88 Å². The largest absolute Gasteiger partial charge is 0.349 e. The lowest BCUT2D eigenvalue weighted by atomic mass is 9.88. The summed E-state index contributed by atoms with van der Waals surface area (Å²) in [5.41, 5.74) is 4.39. The number of hydrogen-bond acceptors (Lipinski definition) is 6. The number of fused-ring (bicyclic) bond motifs is 1. The van der Waals surface area contributed by atoms with Gasteiger partial charge in [-0.1, -0.05) is 50.6 Å². The number of aryl methyl sites for hydroxylation is 1. The summed E-state index contributed by atoms with van der Waals surface area (Å²) in [5.74, 6) is 0.572. The lowest BCUT2D eigenvalue weighted by Gasteiger charge is -2.24. The van der Waals surface area contributed by atoms with Crippen molar-refractivity contribution in [3.05, 3.63) is 93.6 Å². The van der Waals surface area contributed by atoms with Crippen molar-refractivity contribution >= 4 is 40.7 Å². The second-order valence-corrected chi connectivity index (χ2v) is 12.4. The smallest absolute Gasteiger partial charge is 0.240 e. The van der Waals surface area contributed by atoms with E-state index >= 15 is 0 Å². The average molecular weight is 546 g/mol. The number of carbonyl (C=O) groups is 2. The molecule has 1 N–H and O–H groups in total. The quantitative estimate of drug-likeness (QED) is 0.350. The molecule has 9 heteroatoms. The van der Waals surface area contributed by atoms with Crippen LogP contribution in [0.4, 0.5) is 5.82 Å². The minimum Gasteiger partial charge on any atom is -0.349 e. The zero-order chi connectivity index (χ0) is 26.9. The third kappa shape index (κ3) is 5.39. The van der Waals surface area contributed by atoms with Crippen molar-refractivity contribution in [3.63, 3.8) is 0 Å². The van der Waals surface area contributed by atoms with Gasteiger partial charge < -0.3 is 5.32 Å². The molecule has 4 heterocycles. The van der Waals surface area contributed by atoms with Crippen molar-refractivity contribution in [2.75, 3.05) is 17.2 Å². The van der Waals surface area contributed by atoms with E-state index in [1.54, 1.807) is 34.2 Å². The highest BCUT2D eigenvalue weighted by atomic mass is 32.2. The van der Waals surface area contributed by atoms with E-state index < -0.39 is 0 Å². The van der Waals surface area contributed by atoms with Crippen LogP contribution in [0, 0.1) is 6.92 Å². The van der Waals surface area contributed by atoms with E-state index in [4.69, 9.17) is 5.10 Å². The molecule has 2 amide bonds. The zero-order valence-electron chi connectivity index (χ0n) is 22.0. The summed E-state index contributed by atoms with van der Waals surface area (Å²) in [6.07, 6.45) is 1.70. The van der Waals surface area contributed by atoms with Crippen LogP contribution < -0.4 is 10.2 Å². The Hall–Kier alpha value is -3.43. The van der Waals surface area contributed by atoms with Gasteiger partial charge in [-0.25, -0.2) is 4.68 Å². The highest BCUT2D eigenvalue weighted by molar-refractivity contribution is 8.00. The van der Waals surface area contributed by atoms with Crippen LogP contribution in [-0.4, -0.2) is 38.9 Å². The van der Waals surface area contributed by atoms with Crippen molar-refractivity contribution in [1.82, 2.24) is 20.1 Å². The molecular weight excluding hydrogens is 514 g/mol. The summed E-state index contributed by atoms with van der Waals surface area (Å²) < 4.78 is 1.85. The number of pyridine rings is 1. The molecule has 1 aromatic carbocycles. The molecule has 1 aliphatic rings. The van der Waals surface area contributed by atoms with Crippen molar-refractivity contribution < 1.29 is 9.59 Å². The van der Waals surface area contributed by atoms with Gasteiger partial charge in [-0.3, -0.25) is 19.5 Å².